The van der Waals surface area contributed by atoms with Crippen molar-refractivity contribution >= 4 is 0 Å². The van der Waals surface area contributed by atoms with Crippen LogP contribution in [0.5, 0.6) is 0 Å². The fourth-order valence-electron chi connectivity index (χ4n) is 3.29. The molecule has 0 aliphatic carbocycles. The van der Waals surface area contributed by atoms with Crippen LogP contribution in [0.3, 0.4) is 0 Å². The molecule has 7 nitrogen and oxygen atoms in total. The Morgan fingerprint density at radius 2 is 1.32 bits per heavy atom. The third kappa shape index (κ3) is 8.15. The lowest BCUT2D eigenvalue weighted by Crippen LogP contribution is -2.40. The van der Waals surface area contributed by atoms with Crippen molar-refractivity contribution in [2.45, 2.75) is 26.2 Å². The Labute approximate surface area is 184 Å². The van der Waals surface area contributed by atoms with E-state index in [1.807, 2.05) is 80.1 Å². The zero-order valence-electron chi connectivity index (χ0n) is 18.2. The maximum absolute atomic E-state index is 6.10. The van der Waals surface area contributed by atoms with E-state index in [0.29, 0.717) is 6.61 Å². The molecular formula is C24H32N6O. The highest BCUT2D eigenvalue weighted by Gasteiger charge is 2.21. The van der Waals surface area contributed by atoms with Gasteiger partial charge in [-0.2, -0.15) is 0 Å². The van der Waals surface area contributed by atoms with Crippen LogP contribution in [-0.2, 0) is 17.8 Å². The van der Waals surface area contributed by atoms with E-state index in [2.05, 4.69) is 30.5 Å². The molecule has 0 saturated heterocycles. The normalized spacial score (nSPS) is 12.2. The molecule has 0 aromatic carbocycles. The summed E-state index contributed by atoms with van der Waals surface area (Å²) < 4.78 is 6.10. The Morgan fingerprint density at radius 1 is 0.774 bits per heavy atom. The van der Waals surface area contributed by atoms with Crippen molar-refractivity contribution in [1.82, 2.24) is 30.5 Å². The molecule has 1 atom stereocenters. The van der Waals surface area contributed by atoms with Gasteiger partial charge in [-0.25, -0.2) is 0 Å². The van der Waals surface area contributed by atoms with Crippen LogP contribution in [-0.4, -0.2) is 52.6 Å². The van der Waals surface area contributed by atoms with Crippen LogP contribution in [0.2, 0.25) is 0 Å². The van der Waals surface area contributed by atoms with Crippen LogP contribution in [0.4, 0.5) is 0 Å². The summed E-state index contributed by atoms with van der Waals surface area (Å²) in [5, 5.41) is 6.97. The molecule has 7 heteroatoms. The Balaban J connectivity index is 1.56. The SMILES string of the molecule is CCOC(c1ccccn1)N(CCNCc1ccccn1)CCNCc1ccccn1. The quantitative estimate of drug-likeness (QED) is 0.307. The third-order valence-corrected chi connectivity index (χ3v) is 4.81. The highest BCUT2D eigenvalue weighted by Crippen LogP contribution is 2.19. The molecule has 0 spiro atoms. The van der Waals surface area contributed by atoms with Gasteiger partial charge in [0.25, 0.3) is 0 Å². The Morgan fingerprint density at radius 3 is 1.77 bits per heavy atom. The fraction of sp³-hybridized carbons (Fsp3) is 0.375. The molecule has 1 unspecified atom stereocenters. The summed E-state index contributed by atoms with van der Waals surface area (Å²) >= 11 is 0. The van der Waals surface area contributed by atoms with Crippen molar-refractivity contribution in [3.05, 3.63) is 90.3 Å². The molecule has 0 saturated carbocycles. The van der Waals surface area contributed by atoms with Crippen molar-refractivity contribution in [3.8, 4) is 0 Å². The first-order valence-electron chi connectivity index (χ1n) is 10.8. The number of hydrogen-bond acceptors (Lipinski definition) is 7. The predicted octanol–water partition coefficient (Wildman–Crippen LogP) is 2.79. The second-order valence-corrected chi connectivity index (χ2v) is 7.09. The van der Waals surface area contributed by atoms with Crippen molar-refractivity contribution in [3.63, 3.8) is 0 Å². The molecule has 31 heavy (non-hydrogen) atoms. The van der Waals surface area contributed by atoms with Gasteiger partial charge < -0.3 is 15.4 Å². The lowest BCUT2D eigenvalue weighted by molar-refractivity contribution is -0.0593. The molecule has 0 amide bonds. The highest BCUT2D eigenvalue weighted by atomic mass is 16.5. The van der Waals surface area contributed by atoms with E-state index in [9.17, 15) is 0 Å². The van der Waals surface area contributed by atoms with Crippen LogP contribution < -0.4 is 10.6 Å². The molecule has 3 heterocycles. The minimum absolute atomic E-state index is 0.181. The van der Waals surface area contributed by atoms with Crippen molar-refractivity contribution in [1.29, 1.82) is 0 Å². The van der Waals surface area contributed by atoms with Gasteiger partial charge in [0.2, 0.25) is 0 Å². The minimum atomic E-state index is -0.181. The first-order valence-corrected chi connectivity index (χ1v) is 10.8. The van der Waals surface area contributed by atoms with Crippen LogP contribution in [0, 0.1) is 0 Å². The van der Waals surface area contributed by atoms with E-state index in [1.54, 1.807) is 0 Å². The van der Waals surface area contributed by atoms with E-state index in [1.165, 1.54) is 0 Å². The van der Waals surface area contributed by atoms with Gasteiger partial charge in [-0.1, -0.05) is 18.2 Å². The molecular weight excluding hydrogens is 388 g/mol. The number of pyridine rings is 3. The van der Waals surface area contributed by atoms with E-state index in [0.717, 1.165) is 56.4 Å². The van der Waals surface area contributed by atoms with Crippen molar-refractivity contribution in [2.75, 3.05) is 32.8 Å². The van der Waals surface area contributed by atoms with Gasteiger partial charge in [-0.3, -0.25) is 19.9 Å². The van der Waals surface area contributed by atoms with Crippen LogP contribution in [0.15, 0.2) is 73.2 Å². The van der Waals surface area contributed by atoms with Gasteiger partial charge >= 0.3 is 0 Å². The summed E-state index contributed by atoms with van der Waals surface area (Å²) in [6.45, 7) is 7.46. The second-order valence-electron chi connectivity index (χ2n) is 7.09. The summed E-state index contributed by atoms with van der Waals surface area (Å²) in [5.74, 6) is 0. The summed E-state index contributed by atoms with van der Waals surface area (Å²) in [7, 11) is 0. The number of rotatable bonds is 14. The Kier molecular flexibility index (Phi) is 10.0. The second kappa shape index (κ2) is 13.6. The lowest BCUT2D eigenvalue weighted by atomic mass is 10.2. The smallest absolute Gasteiger partial charge is 0.153 e. The number of ether oxygens (including phenoxy) is 1. The van der Waals surface area contributed by atoms with Crippen molar-refractivity contribution < 1.29 is 4.74 Å². The largest absolute Gasteiger partial charge is 0.357 e. The van der Waals surface area contributed by atoms with Crippen LogP contribution >= 0.6 is 0 Å². The molecule has 0 aliphatic heterocycles. The number of aromatic nitrogens is 3. The monoisotopic (exact) mass is 420 g/mol. The first kappa shape index (κ1) is 23.0. The molecule has 3 aromatic heterocycles. The lowest BCUT2D eigenvalue weighted by Gasteiger charge is -2.31. The number of nitrogens with zero attached hydrogens (tertiary/aromatic N) is 4. The maximum Gasteiger partial charge on any atom is 0.153 e. The van der Waals surface area contributed by atoms with Gasteiger partial charge in [-0.15, -0.1) is 0 Å². The first-order chi connectivity index (χ1) is 15.4. The van der Waals surface area contributed by atoms with Crippen molar-refractivity contribution in [2.24, 2.45) is 0 Å². The maximum atomic E-state index is 6.10. The molecule has 0 bridgehead atoms. The van der Waals surface area contributed by atoms with Gasteiger partial charge in [0.1, 0.15) is 0 Å². The van der Waals surface area contributed by atoms with Gasteiger partial charge in [0.05, 0.1) is 17.1 Å². The van der Waals surface area contributed by atoms with E-state index in [-0.39, 0.29) is 6.23 Å². The summed E-state index contributed by atoms with van der Waals surface area (Å²) in [4.78, 5) is 15.6. The van der Waals surface area contributed by atoms with E-state index in [4.69, 9.17) is 4.74 Å². The Hall–Kier alpha value is -2.71. The highest BCUT2D eigenvalue weighted by molar-refractivity contribution is 5.07. The molecule has 2 N–H and O–H groups in total. The average Bonchev–Trinajstić information content (AvgIpc) is 2.83. The standard InChI is InChI=1S/C24H32N6O/c1-2-31-24(23-11-5-8-14-29-23)30(17-15-25-19-21-9-3-6-12-27-21)18-16-26-20-22-10-4-7-13-28-22/h3-14,24-26H,2,15-20H2,1H3. The summed E-state index contributed by atoms with van der Waals surface area (Å²) in [5.41, 5.74) is 3.01. The molecule has 3 aromatic rings. The molecule has 0 fully saturated rings. The zero-order valence-corrected chi connectivity index (χ0v) is 18.2. The van der Waals surface area contributed by atoms with Crippen LogP contribution in [0.1, 0.15) is 30.2 Å². The average molecular weight is 421 g/mol. The fourth-order valence-corrected chi connectivity index (χ4v) is 3.29. The summed E-state index contributed by atoms with van der Waals surface area (Å²) in [6, 6.07) is 17.9. The third-order valence-electron chi connectivity index (χ3n) is 4.81. The number of nitrogens with one attached hydrogen (secondary N) is 2. The topological polar surface area (TPSA) is 75.2 Å². The zero-order chi connectivity index (χ0) is 21.6. The molecule has 0 radical (unpaired) electrons. The molecule has 164 valence electrons. The van der Waals surface area contributed by atoms with Gasteiger partial charge in [-0.05, 0) is 43.3 Å². The van der Waals surface area contributed by atoms with Gasteiger partial charge in [0.15, 0.2) is 6.23 Å². The van der Waals surface area contributed by atoms with Gasteiger partial charge in [0, 0.05) is 64.5 Å². The number of hydrogen-bond donors (Lipinski definition) is 2. The summed E-state index contributed by atoms with van der Waals surface area (Å²) in [6.07, 6.45) is 5.28. The van der Waals surface area contributed by atoms with E-state index < -0.39 is 0 Å². The minimum Gasteiger partial charge on any atom is -0.357 e. The Bertz CT molecular complexity index is 787. The van der Waals surface area contributed by atoms with E-state index >= 15 is 0 Å². The molecule has 3 rings (SSSR count). The van der Waals surface area contributed by atoms with Crippen LogP contribution in [0.25, 0.3) is 0 Å². The molecule has 0 aliphatic rings. The predicted molar refractivity (Wildman–Crippen MR) is 122 cm³/mol.